The van der Waals surface area contributed by atoms with Gasteiger partial charge in [-0.1, -0.05) is 106 Å². The van der Waals surface area contributed by atoms with E-state index in [1.807, 2.05) is 84.9 Å². The van der Waals surface area contributed by atoms with Crippen molar-refractivity contribution in [1.82, 2.24) is 0 Å². The van der Waals surface area contributed by atoms with E-state index < -0.39 is 0 Å². The van der Waals surface area contributed by atoms with Crippen LogP contribution in [0.2, 0.25) is 0 Å². The zero-order chi connectivity index (χ0) is 35.1. The Labute approximate surface area is 296 Å². The molecule has 0 atom stereocenters. The van der Waals surface area contributed by atoms with Gasteiger partial charge in [0.1, 0.15) is 28.7 Å². The van der Waals surface area contributed by atoms with Crippen molar-refractivity contribution in [2.24, 2.45) is 0 Å². The van der Waals surface area contributed by atoms with Crippen LogP contribution in [0.25, 0.3) is 0 Å². The molecule has 0 aliphatic heterocycles. The molecule has 0 amide bonds. The van der Waals surface area contributed by atoms with Gasteiger partial charge in [0.25, 0.3) is 0 Å². The summed E-state index contributed by atoms with van der Waals surface area (Å²) in [7, 11) is 0. The molecule has 0 saturated carbocycles. The van der Waals surface area contributed by atoms with Gasteiger partial charge in [0, 0.05) is 22.0 Å². The van der Waals surface area contributed by atoms with Gasteiger partial charge in [-0.25, -0.2) is 0 Å². The molecule has 246 valence electrons. The van der Waals surface area contributed by atoms with E-state index >= 15 is 0 Å². The summed E-state index contributed by atoms with van der Waals surface area (Å²) in [6, 6.07) is 47.9. The highest BCUT2D eigenvalue weighted by Gasteiger charge is 2.24. The molecule has 6 aromatic rings. The number of aromatic hydroxyl groups is 1. The summed E-state index contributed by atoms with van der Waals surface area (Å²) in [5.74, 6) is 15.4. The first-order chi connectivity index (χ1) is 24.1. The number of aryl methyl sites for hydroxylation is 1. The van der Waals surface area contributed by atoms with Crippen LogP contribution >= 0.6 is 0 Å². The highest BCUT2D eigenvalue weighted by molar-refractivity contribution is 5.48. The lowest BCUT2D eigenvalue weighted by Gasteiger charge is -2.26. The molecular weight excluding hydrogens is 613 g/mol. The number of hydrogen-bond acceptors (Lipinski definition) is 3. The molecule has 0 fully saturated rings. The van der Waals surface area contributed by atoms with Crippen LogP contribution in [0.15, 0.2) is 146 Å². The Morgan fingerprint density at radius 2 is 0.680 bits per heavy atom. The standard InChI is InChI=1S/C47H40O3/c1-34-10-16-37(17-11-34)46(2,3)39-20-30-44(31-21-39)49-42-26-12-35(13-27-42)8-6-7-9-36-14-28-43(29-15-36)50-45-32-22-40(23-33-45)47(4,5)38-18-24-41(48)25-19-38/h10-33,48H,1-5H3. The van der Waals surface area contributed by atoms with Gasteiger partial charge < -0.3 is 14.6 Å². The van der Waals surface area contributed by atoms with E-state index in [9.17, 15) is 5.11 Å². The Balaban J connectivity index is 1.01. The first kappa shape index (κ1) is 33.7. The lowest BCUT2D eigenvalue weighted by atomic mass is 9.78. The minimum atomic E-state index is -0.207. The second-order valence-electron chi connectivity index (χ2n) is 13.5. The summed E-state index contributed by atoms with van der Waals surface area (Å²) in [6.45, 7) is 10.9. The number of hydrogen-bond donors (Lipinski definition) is 1. The minimum Gasteiger partial charge on any atom is -0.508 e. The molecule has 0 saturated heterocycles. The van der Waals surface area contributed by atoms with Crippen LogP contribution in [0.1, 0.15) is 66.6 Å². The molecule has 0 aliphatic rings. The van der Waals surface area contributed by atoms with Crippen LogP contribution < -0.4 is 9.47 Å². The molecule has 0 unspecified atom stereocenters. The number of phenolic OH excluding ortho intramolecular Hbond substituents is 1. The zero-order valence-corrected chi connectivity index (χ0v) is 29.1. The average molecular weight is 653 g/mol. The molecule has 3 heteroatoms. The van der Waals surface area contributed by atoms with Crippen molar-refractivity contribution in [2.75, 3.05) is 0 Å². The Morgan fingerprint density at radius 1 is 0.400 bits per heavy atom. The number of rotatable bonds is 8. The largest absolute Gasteiger partial charge is 0.508 e. The number of ether oxygens (including phenoxy) is 2. The molecule has 0 aromatic heterocycles. The second kappa shape index (κ2) is 14.5. The molecular formula is C47H40O3. The topological polar surface area (TPSA) is 38.7 Å². The molecule has 6 rings (SSSR count). The van der Waals surface area contributed by atoms with E-state index in [-0.39, 0.29) is 16.6 Å². The monoisotopic (exact) mass is 652 g/mol. The normalized spacial score (nSPS) is 11.1. The van der Waals surface area contributed by atoms with E-state index in [4.69, 9.17) is 9.47 Å². The molecule has 0 radical (unpaired) electrons. The van der Waals surface area contributed by atoms with Gasteiger partial charge in [-0.15, -0.1) is 0 Å². The third-order valence-electron chi connectivity index (χ3n) is 9.17. The van der Waals surface area contributed by atoms with E-state index in [0.29, 0.717) is 0 Å². The highest BCUT2D eigenvalue weighted by Crippen LogP contribution is 2.35. The molecule has 50 heavy (non-hydrogen) atoms. The van der Waals surface area contributed by atoms with Crippen LogP contribution in [-0.4, -0.2) is 5.11 Å². The maximum atomic E-state index is 9.64. The third kappa shape index (κ3) is 8.10. The molecule has 0 heterocycles. The average Bonchev–Trinajstić information content (AvgIpc) is 3.12. The predicted molar refractivity (Wildman–Crippen MR) is 203 cm³/mol. The SMILES string of the molecule is Cc1ccc(C(C)(C)c2ccc(Oc3ccc(C#CC#Cc4ccc(Oc5ccc(C(C)(C)c6ccc(O)cc6)cc5)cc4)cc3)cc2)cc1. The first-order valence-corrected chi connectivity index (χ1v) is 16.7. The summed E-state index contributed by atoms with van der Waals surface area (Å²) in [5, 5.41) is 9.64. The maximum absolute atomic E-state index is 9.64. The smallest absolute Gasteiger partial charge is 0.127 e. The van der Waals surface area contributed by atoms with E-state index in [1.165, 1.54) is 16.7 Å². The Morgan fingerprint density at radius 3 is 1.02 bits per heavy atom. The van der Waals surface area contributed by atoms with E-state index in [1.54, 1.807) is 12.1 Å². The second-order valence-corrected chi connectivity index (χ2v) is 13.5. The van der Waals surface area contributed by atoms with E-state index in [0.717, 1.165) is 45.3 Å². The maximum Gasteiger partial charge on any atom is 0.127 e. The molecule has 1 N–H and O–H groups in total. The predicted octanol–water partition coefficient (Wildman–Crippen LogP) is 11.3. The Kier molecular flexibility index (Phi) is 9.80. The number of phenols is 1. The zero-order valence-electron chi connectivity index (χ0n) is 29.1. The van der Waals surface area contributed by atoms with Crippen molar-refractivity contribution >= 4 is 0 Å². The highest BCUT2D eigenvalue weighted by atomic mass is 16.5. The van der Waals surface area contributed by atoms with Gasteiger partial charge in [0.05, 0.1) is 0 Å². The van der Waals surface area contributed by atoms with Gasteiger partial charge >= 0.3 is 0 Å². The van der Waals surface area contributed by atoms with Gasteiger partial charge in [-0.2, -0.15) is 0 Å². The van der Waals surface area contributed by atoms with Crippen LogP contribution in [0.4, 0.5) is 0 Å². The Hall–Kier alpha value is -6.16. The number of benzene rings is 6. The van der Waals surface area contributed by atoms with Crippen molar-refractivity contribution in [1.29, 1.82) is 0 Å². The van der Waals surface area contributed by atoms with Gasteiger partial charge in [-0.05, 0) is 126 Å². The minimum absolute atomic E-state index is 0.101. The molecule has 0 spiro atoms. The molecule has 0 bridgehead atoms. The molecule has 0 aliphatic carbocycles. The lowest BCUT2D eigenvalue weighted by Crippen LogP contribution is -2.18. The van der Waals surface area contributed by atoms with Gasteiger partial charge in [0.2, 0.25) is 0 Å². The first-order valence-electron chi connectivity index (χ1n) is 16.7. The summed E-state index contributed by atoms with van der Waals surface area (Å²) in [4.78, 5) is 0. The van der Waals surface area contributed by atoms with Gasteiger partial charge in [-0.3, -0.25) is 0 Å². The van der Waals surface area contributed by atoms with Crippen LogP contribution in [-0.2, 0) is 10.8 Å². The lowest BCUT2D eigenvalue weighted by molar-refractivity contribution is 0.474. The fraction of sp³-hybridized carbons (Fsp3) is 0.149. The van der Waals surface area contributed by atoms with Crippen molar-refractivity contribution in [3.8, 4) is 52.4 Å². The fourth-order valence-electron chi connectivity index (χ4n) is 5.75. The quantitative estimate of drug-likeness (QED) is 0.166. The van der Waals surface area contributed by atoms with Crippen molar-refractivity contribution in [2.45, 2.75) is 45.4 Å². The fourth-order valence-corrected chi connectivity index (χ4v) is 5.75. The van der Waals surface area contributed by atoms with Crippen molar-refractivity contribution in [3.63, 3.8) is 0 Å². The molecule has 6 aromatic carbocycles. The third-order valence-corrected chi connectivity index (χ3v) is 9.17. The summed E-state index contributed by atoms with van der Waals surface area (Å²) in [6.07, 6.45) is 0. The van der Waals surface area contributed by atoms with Crippen LogP contribution in [0.5, 0.6) is 28.7 Å². The molecule has 3 nitrogen and oxygen atoms in total. The van der Waals surface area contributed by atoms with Gasteiger partial charge in [0.15, 0.2) is 0 Å². The summed E-state index contributed by atoms with van der Waals surface area (Å²) >= 11 is 0. The van der Waals surface area contributed by atoms with Crippen LogP contribution in [0.3, 0.4) is 0 Å². The summed E-state index contributed by atoms with van der Waals surface area (Å²) < 4.78 is 12.2. The summed E-state index contributed by atoms with van der Waals surface area (Å²) in [5.41, 5.74) is 7.48. The Bertz CT molecular complexity index is 2000. The van der Waals surface area contributed by atoms with Crippen molar-refractivity contribution < 1.29 is 14.6 Å². The van der Waals surface area contributed by atoms with Crippen LogP contribution in [0, 0.1) is 30.6 Å². The van der Waals surface area contributed by atoms with Crippen molar-refractivity contribution in [3.05, 3.63) is 185 Å². The van der Waals surface area contributed by atoms with E-state index in [2.05, 4.69) is 107 Å².